The lowest BCUT2D eigenvalue weighted by molar-refractivity contribution is -0.133. The van der Waals surface area contributed by atoms with Crippen LogP contribution in [0.3, 0.4) is 0 Å². The number of amides is 1. The third kappa shape index (κ3) is 2.34. The Labute approximate surface area is 103 Å². The van der Waals surface area contributed by atoms with Crippen LogP contribution in [0.25, 0.3) is 5.57 Å². The number of hydrogen-bond acceptors (Lipinski definition) is 4. The first-order chi connectivity index (χ1) is 8.11. The summed E-state index contributed by atoms with van der Waals surface area (Å²) in [6.07, 6.45) is 0. The maximum atomic E-state index is 11.3. The molecule has 0 aromatic heterocycles. The van der Waals surface area contributed by atoms with E-state index in [0.29, 0.717) is 17.0 Å². The summed E-state index contributed by atoms with van der Waals surface area (Å²) in [5.74, 6) is -0.0901. The lowest BCUT2D eigenvalue weighted by Crippen LogP contribution is -2.18. The molecule has 0 saturated heterocycles. The molecule has 0 saturated carbocycles. The summed E-state index contributed by atoms with van der Waals surface area (Å²) in [6, 6.07) is 5.39. The Bertz CT molecular complexity index is 510. The average Bonchev–Trinajstić information content (AvgIpc) is 2.36. The minimum Gasteiger partial charge on any atom is -0.465 e. The van der Waals surface area contributed by atoms with Crippen molar-refractivity contribution >= 4 is 34.9 Å². The molecule has 5 heteroatoms. The van der Waals surface area contributed by atoms with Gasteiger partial charge in [-0.1, -0.05) is 12.6 Å². The van der Waals surface area contributed by atoms with Crippen molar-refractivity contribution in [2.75, 3.05) is 18.2 Å². The molecule has 1 aliphatic rings. The summed E-state index contributed by atoms with van der Waals surface area (Å²) in [5.41, 5.74) is 1.65. The second-order valence-electron chi connectivity index (χ2n) is 3.52. The van der Waals surface area contributed by atoms with Crippen molar-refractivity contribution in [1.82, 2.24) is 0 Å². The maximum absolute atomic E-state index is 11.3. The highest BCUT2D eigenvalue weighted by Crippen LogP contribution is 2.33. The number of anilines is 1. The van der Waals surface area contributed by atoms with Gasteiger partial charge in [0.25, 0.3) is 0 Å². The predicted octanol–water partition coefficient (Wildman–Crippen LogP) is 1.92. The fraction of sp³-hybridized carbons (Fsp3) is 0.167. The Morgan fingerprint density at radius 1 is 1.53 bits per heavy atom. The minimum absolute atomic E-state index is 0.0386. The summed E-state index contributed by atoms with van der Waals surface area (Å²) < 4.78 is 4.60. The molecule has 1 amide bonds. The monoisotopic (exact) mass is 249 g/mol. The Kier molecular flexibility index (Phi) is 3.19. The van der Waals surface area contributed by atoms with Crippen LogP contribution in [-0.2, 0) is 14.3 Å². The second-order valence-corrected chi connectivity index (χ2v) is 4.54. The number of esters is 1. The molecule has 88 valence electrons. The fourth-order valence-corrected chi connectivity index (χ4v) is 2.30. The zero-order chi connectivity index (χ0) is 12.4. The van der Waals surface area contributed by atoms with E-state index in [2.05, 4.69) is 16.6 Å². The zero-order valence-corrected chi connectivity index (χ0v) is 10.1. The summed E-state index contributed by atoms with van der Waals surface area (Å²) in [5, 5.41) is 2.76. The lowest BCUT2D eigenvalue weighted by atomic mass is 10.1. The van der Waals surface area contributed by atoms with Crippen LogP contribution in [0.15, 0.2) is 29.7 Å². The number of benzene rings is 1. The normalized spacial score (nSPS) is 13.6. The summed E-state index contributed by atoms with van der Waals surface area (Å²) >= 11 is 1.47. The van der Waals surface area contributed by atoms with Crippen molar-refractivity contribution in [2.45, 2.75) is 4.90 Å². The molecule has 0 radical (unpaired) electrons. The summed E-state index contributed by atoms with van der Waals surface area (Å²) in [4.78, 5) is 23.6. The molecule has 0 unspecified atom stereocenters. The Balaban J connectivity index is 2.33. The standard InChI is InChI=1S/C12H11NO3S/c1-7(12(15)16-2)8-3-4-10-9(5-8)13-11(14)6-17-10/h3-5H,1,6H2,2H3,(H,13,14). The molecule has 0 bridgehead atoms. The van der Waals surface area contributed by atoms with Crippen molar-refractivity contribution in [2.24, 2.45) is 0 Å². The smallest absolute Gasteiger partial charge is 0.337 e. The van der Waals surface area contributed by atoms with Gasteiger partial charge in [0.15, 0.2) is 0 Å². The molecule has 1 aromatic rings. The number of carbonyl (C=O) groups is 2. The molecule has 0 spiro atoms. The number of thioether (sulfide) groups is 1. The van der Waals surface area contributed by atoms with E-state index in [1.807, 2.05) is 6.07 Å². The van der Waals surface area contributed by atoms with Gasteiger partial charge in [-0.2, -0.15) is 0 Å². The van der Waals surface area contributed by atoms with Crippen molar-refractivity contribution < 1.29 is 14.3 Å². The van der Waals surface area contributed by atoms with E-state index in [-0.39, 0.29) is 11.5 Å². The van der Waals surface area contributed by atoms with Crippen molar-refractivity contribution in [3.05, 3.63) is 30.3 Å². The first-order valence-corrected chi connectivity index (χ1v) is 5.94. The second kappa shape index (κ2) is 4.63. The van der Waals surface area contributed by atoms with E-state index in [1.54, 1.807) is 12.1 Å². The molecule has 4 nitrogen and oxygen atoms in total. The van der Waals surface area contributed by atoms with E-state index in [0.717, 1.165) is 4.90 Å². The van der Waals surface area contributed by atoms with Gasteiger partial charge in [-0.15, -0.1) is 11.8 Å². The molecule has 0 atom stereocenters. The summed E-state index contributed by atoms with van der Waals surface area (Å²) in [7, 11) is 1.31. The highest BCUT2D eigenvalue weighted by atomic mass is 32.2. The number of ether oxygens (including phenoxy) is 1. The number of carbonyl (C=O) groups excluding carboxylic acids is 2. The molecule has 1 aromatic carbocycles. The number of rotatable bonds is 2. The fourth-order valence-electron chi connectivity index (χ4n) is 1.51. The van der Waals surface area contributed by atoms with Crippen LogP contribution in [0.4, 0.5) is 5.69 Å². The Morgan fingerprint density at radius 2 is 2.29 bits per heavy atom. The van der Waals surface area contributed by atoms with Crippen LogP contribution < -0.4 is 5.32 Å². The van der Waals surface area contributed by atoms with Crippen LogP contribution in [0.2, 0.25) is 0 Å². The lowest BCUT2D eigenvalue weighted by Gasteiger charge is -2.17. The SMILES string of the molecule is C=C(C(=O)OC)c1ccc2c(c1)NC(=O)CS2. The quantitative estimate of drug-likeness (QED) is 0.642. The highest BCUT2D eigenvalue weighted by Gasteiger charge is 2.17. The largest absolute Gasteiger partial charge is 0.465 e. The van der Waals surface area contributed by atoms with Crippen molar-refractivity contribution in [1.29, 1.82) is 0 Å². The minimum atomic E-state index is -0.472. The Morgan fingerprint density at radius 3 is 3.00 bits per heavy atom. The van der Waals surface area contributed by atoms with Gasteiger partial charge in [0, 0.05) is 4.90 Å². The van der Waals surface area contributed by atoms with Crippen LogP contribution in [0, 0.1) is 0 Å². The van der Waals surface area contributed by atoms with Crippen LogP contribution >= 0.6 is 11.8 Å². The van der Waals surface area contributed by atoms with Gasteiger partial charge in [0.2, 0.25) is 5.91 Å². The Hall–Kier alpha value is -1.75. The molecule has 17 heavy (non-hydrogen) atoms. The number of hydrogen-bond donors (Lipinski definition) is 1. The average molecular weight is 249 g/mol. The van der Waals surface area contributed by atoms with Gasteiger partial charge in [0.05, 0.1) is 24.1 Å². The summed E-state index contributed by atoms with van der Waals surface area (Å²) in [6.45, 7) is 3.67. The topological polar surface area (TPSA) is 55.4 Å². The zero-order valence-electron chi connectivity index (χ0n) is 9.28. The van der Waals surface area contributed by atoms with E-state index >= 15 is 0 Å². The van der Waals surface area contributed by atoms with Crippen LogP contribution in [0.5, 0.6) is 0 Å². The number of fused-ring (bicyclic) bond motifs is 1. The van der Waals surface area contributed by atoms with Gasteiger partial charge in [-0.25, -0.2) is 4.79 Å². The van der Waals surface area contributed by atoms with Crippen molar-refractivity contribution in [3.8, 4) is 0 Å². The van der Waals surface area contributed by atoms with E-state index in [9.17, 15) is 9.59 Å². The third-order valence-corrected chi connectivity index (χ3v) is 3.47. The molecule has 0 fully saturated rings. The first kappa shape index (κ1) is 11.7. The van der Waals surface area contributed by atoms with Crippen molar-refractivity contribution in [3.63, 3.8) is 0 Å². The molecule has 0 aliphatic carbocycles. The molecular weight excluding hydrogens is 238 g/mol. The van der Waals surface area contributed by atoms with Gasteiger partial charge in [-0.05, 0) is 17.7 Å². The molecule has 1 N–H and O–H groups in total. The van der Waals surface area contributed by atoms with Crippen LogP contribution in [-0.4, -0.2) is 24.7 Å². The number of nitrogens with one attached hydrogen (secondary N) is 1. The van der Waals surface area contributed by atoms with Gasteiger partial charge >= 0.3 is 5.97 Å². The number of methoxy groups -OCH3 is 1. The van der Waals surface area contributed by atoms with E-state index in [1.165, 1.54) is 18.9 Å². The van der Waals surface area contributed by atoms with E-state index in [4.69, 9.17) is 0 Å². The molecule has 1 heterocycles. The predicted molar refractivity (Wildman–Crippen MR) is 66.8 cm³/mol. The molecule has 1 aliphatic heterocycles. The molecular formula is C12H11NO3S. The van der Waals surface area contributed by atoms with Gasteiger partial charge < -0.3 is 10.1 Å². The van der Waals surface area contributed by atoms with Crippen LogP contribution in [0.1, 0.15) is 5.56 Å². The third-order valence-electron chi connectivity index (χ3n) is 2.39. The van der Waals surface area contributed by atoms with Gasteiger partial charge in [0.1, 0.15) is 0 Å². The first-order valence-electron chi connectivity index (χ1n) is 4.96. The van der Waals surface area contributed by atoms with Gasteiger partial charge in [-0.3, -0.25) is 4.79 Å². The molecule has 2 rings (SSSR count). The van der Waals surface area contributed by atoms with E-state index < -0.39 is 5.97 Å². The maximum Gasteiger partial charge on any atom is 0.337 e. The highest BCUT2D eigenvalue weighted by molar-refractivity contribution is 8.00.